The van der Waals surface area contributed by atoms with Gasteiger partial charge in [-0.15, -0.1) is 0 Å². The van der Waals surface area contributed by atoms with Crippen LogP contribution in [0.2, 0.25) is 0 Å². The van der Waals surface area contributed by atoms with E-state index in [1.165, 1.54) is 6.33 Å². The molecule has 1 atom stereocenters. The van der Waals surface area contributed by atoms with Gasteiger partial charge < -0.3 is 4.90 Å². The second-order valence-electron chi connectivity index (χ2n) is 5.21. The van der Waals surface area contributed by atoms with Gasteiger partial charge >= 0.3 is 0 Å². The van der Waals surface area contributed by atoms with Crippen molar-refractivity contribution in [3.8, 4) is 0 Å². The van der Waals surface area contributed by atoms with Gasteiger partial charge in [0.05, 0.1) is 11.7 Å². The van der Waals surface area contributed by atoms with Gasteiger partial charge in [-0.05, 0) is 31.0 Å². The lowest BCUT2D eigenvalue weighted by Crippen LogP contribution is -2.32. The van der Waals surface area contributed by atoms with E-state index in [-0.39, 0.29) is 11.9 Å². The maximum atomic E-state index is 12.7. The summed E-state index contributed by atoms with van der Waals surface area (Å²) in [6.45, 7) is 0.721. The van der Waals surface area contributed by atoms with E-state index in [1.54, 1.807) is 29.0 Å². The summed E-state index contributed by atoms with van der Waals surface area (Å²) in [6, 6.07) is 7.25. The number of aromatic nitrogens is 5. The number of fused-ring (bicyclic) bond motifs is 1. The van der Waals surface area contributed by atoms with Crippen LogP contribution >= 0.6 is 0 Å². The zero-order valence-electron chi connectivity index (χ0n) is 11.8. The number of carbonyl (C=O) groups is 1. The third-order valence-electron chi connectivity index (χ3n) is 3.95. The molecule has 4 heterocycles. The SMILES string of the molecule is O=C(c1ccccn1)N1CCCC1c1ccnc2ncnn12. The predicted molar refractivity (Wildman–Crippen MR) is 78.0 cm³/mol. The van der Waals surface area contributed by atoms with E-state index in [2.05, 4.69) is 20.1 Å². The Balaban J connectivity index is 1.72. The molecule has 0 bridgehead atoms. The van der Waals surface area contributed by atoms with Gasteiger partial charge in [0.15, 0.2) is 0 Å². The summed E-state index contributed by atoms with van der Waals surface area (Å²) in [4.78, 5) is 27.0. The Morgan fingerprint density at radius 2 is 2.09 bits per heavy atom. The molecule has 1 aliphatic rings. The van der Waals surface area contributed by atoms with Gasteiger partial charge in [0.25, 0.3) is 11.7 Å². The van der Waals surface area contributed by atoms with Gasteiger partial charge in [0, 0.05) is 18.9 Å². The van der Waals surface area contributed by atoms with Crippen molar-refractivity contribution in [1.29, 1.82) is 0 Å². The molecule has 0 spiro atoms. The third-order valence-corrected chi connectivity index (χ3v) is 3.95. The summed E-state index contributed by atoms with van der Waals surface area (Å²) in [7, 11) is 0. The zero-order valence-corrected chi connectivity index (χ0v) is 11.8. The van der Waals surface area contributed by atoms with Gasteiger partial charge in [-0.3, -0.25) is 9.78 Å². The highest BCUT2D eigenvalue weighted by Gasteiger charge is 2.32. The molecule has 0 N–H and O–H groups in total. The van der Waals surface area contributed by atoms with Gasteiger partial charge in [-0.2, -0.15) is 14.6 Å². The smallest absolute Gasteiger partial charge is 0.273 e. The molecule has 0 radical (unpaired) electrons. The summed E-state index contributed by atoms with van der Waals surface area (Å²) >= 11 is 0. The molecule has 3 aromatic heterocycles. The molecule has 1 saturated heterocycles. The van der Waals surface area contributed by atoms with Gasteiger partial charge in [-0.1, -0.05) is 6.07 Å². The molecule has 0 saturated carbocycles. The van der Waals surface area contributed by atoms with Crippen LogP contribution in [0, 0.1) is 0 Å². The monoisotopic (exact) mass is 294 g/mol. The molecule has 7 heteroatoms. The van der Waals surface area contributed by atoms with E-state index in [9.17, 15) is 4.79 Å². The number of nitrogens with zero attached hydrogens (tertiary/aromatic N) is 6. The van der Waals surface area contributed by atoms with Crippen LogP contribution in [-0.4, -0.2) is 41.9 Å². The average Bonchev–Trinajstić information content (AvgIpc) is 3.23. The fourth-order valence-electron chi connectivity index (χ4n) is 2.96. The lowest BCUT2D eigenvalue weighted by Gasteiger charge is -2.24. The van der Waals surface area contributed by atoms with Crippen molar-refractivity contribution in [2.45, 2.75) is 18.9 Å². The summed E-state index contributed by atoms with van der Waals surface area (Å²) < 4.78 is 1.70. The van der Waals surface area contributed by atoms with Gasteiger partial charge in [0.1, 0.15) is 12.0 Å². The minimum absolute atomic E-state index is 0.0262. The van der Waals surface area contributed by atoms with E-state index in [0.717, 1.165) is 25.1 Å². The van der Waals surface area contributed by atoms with Crippen molar-refractivity contribution in [1.82, 2.24) is 29.5 Å². The number of rotatable bonds is 2. The Bertz CT molecular complexity index is 815. The van der Waals surface area contributed by atoms with Crippen molar-refractivity contribution >= 4 is 11.7 Å². The van der Waals surface area contributed by atoms with Crippen molar-refractivity contribution < 1.29 is 4.79 Å². The number of hydrogen-bond acceptors (Lipinski definition) is 5. The first-order valence-corrected chi connectivity index (χ1v) is 7.21. The van der Waals surface area contributed by atoms with Gasteiger partial charge in [-0.25, -0.2) is 4.98 Å². The van der Waals surface area contributed by atoms with E-state index >= 15 is 0 Å². The molecule has 0 aliphatic carbocycles. The molecule has 3 aromatic rings. The largest absolute Gasteiger partial charge is 0.329 e. The summed E-state index contributed by atoms with van der Waals surface area (Å²) in [5, 5.41) is 4.22. The maximum Gasteiger partial charge on any atom is 0.273 e. The van der Waals surface area contributed by atoms with Crippen molar-refractivity contribution in [3.63, 3.8) is 0 Å². The van der Waals surface area contributed by atoms with E-state index < -0.39 is 0 Å². The van der Waals surface area contributed by atoms with Crippen LogP contribution in [-0.2, 0) is 0 Å². The average molecular weight is 294 g/mol. The molecule has 7 nitrogen and oxygen atoms in total. The summed E-state index contributed by atoms with van der Waals surface area (Å²) in [5.74, 6) is 0.503. The lowest BCUT2D eigenvalue weighted by molar-refractivity contribution is 0.0725. The standard InChI is InChI=1S/C15H14N6O/c22-14(11-4-1-2-7-16-11)20-9-3-5-12(20)13-6-8-17-15-18-10-19-21(13)15/h1-2,4,6-8,10,12H,3,5,9H2. The molecule has 1 unspecified atom stereocenters. The van der Waals surface area contributed by atoms with Gasteiger partial charge in [0.2, 0.25) is 0 Å². The highest BCUT2D eigenvalue weighted by atomic mass is 16.2. The number of pyridine rings is 1. The second-order valence-corrected chi connectivity index (χ2v) is 5.21. The second kappa shape index (κ2) is 5.18. The lowest BCUT2D eigenvalue weighted by atomic mass is 10.1. The van der Waals surface area contributed by atoms with Crippen LogP contribution in [0.5, 0.6) is 0 Å². The summed E-state index contributed by atoms with van der Waals surface area (Å²) in [5.41, 5.74) is 1.41. The van der Waals surface area contributed by atoms with Crippen LogP contribution < -0.4 is 0 Å². The van der Waals surface area contributed by atoms with Crippen LogP contribution in [0.1, 0.15) is 35.1 Å². The normalized spacial score (nSPS) is 18.0. The van der Waals surface area contributed by atoms with Crippen molar-refractivity contribution in [2.75, 3.05) is 6.54 Å². The summed E-state index contributed by atoms with van der Waals surface area (Å²) in [6.07, 6.45) is 6.69. The molecule has 4 rings (SSSR count). The Morgan fingerprint density at radius 1 is 1.14 bits per heavy atom. The Labute approximate surface area is 126 Å². The maximum absolute atomic E-state index is 12.7. The minimum atomic E-state index is -0.0480. The topological polar surface area (TPSA) is 76.3 Å². The Kier molecular flexibility index (Phi) is 3.03. The number of amides is 1. The number of carbonyl (C=O) groups excluding carboxylic acids is 1. The fourth-order valence-corrected chi connectivity index (χ4v) is 2.96. The van der Waals surface area contributed by atoms with E-state index in [0.29, 0.717) is 11.5 Å². The minimum Gasteiger partial charge on any atom is -0.329 e. The quantitative estimate of drug-likeness (QED) is 0.716. The zero-order chi connectivity index (χ0) is 14.9. The first-order chi connectivity index (χ1) is 10.8. The Morgan fingerprint density at radius 3 is 2.95 bits per heavy atom. The van der Waals surface area contributed by atoms with Crippen LogP contribution in [0.15, 0.2) is 43.0 Å². The van der Waals surface area contributed by atoms with E-state index in [4.69, 9.17) is 0 Å². The molecule has 1 aliphatic heterocycles. The molecular weight excluding hydrogens is 280 g/mol. The van der Waals surface area contributed by atoms with E-state index in [1.807, 2.05) is 17.0 Å². The highest BCUT2D eigenvalue weighted by molar-refractivity contribution is 5.92. The number of hydrogen-bond donors (Lipinski definition) is 0. The first-order valence-electron chi connectivity index (χ1n) is 7.21. The van der Waals surface area contributed by atoms with Crippen LogP contribution in [0.25, 0.3) is 5.78 Å². The van der Waals surface area contributed by atoms with Crippen molar-refractivity contribution in [3.05, 3.63) is 54.4 Å². The molecule has 1 amide bonds. The predicted octanol–water partition coefficient (Wildman–Crippen LogP) is 1.50. The first kappa shape index (κ1) is 12.9. The highest BCUT2D eigenvalue weighted by Crippen LogP contribution is 2.32. The molecule has 0 aromatic carbocycles. The molecule has 1 fully saturated rings. The van der Waals surface area contributed by atoms with Crippen LogP contribution in [0.3, 0.4) is 0 Å². The number of likely N-dealkylation sites (tertiary alicyclic amines) is 1. The third kappa shape index (κ3) is 2.02. The fraction of sp³-hybridized carbons (Fsp3) is 0.267. The Hall–Kier alpha value is -2.83. The molecule has 22 heavy (non-hydrogen) atoms. The molecule has 110 valence electrons. The molecular formula is C15H14N6O. The van der Waals surface area contributed by atoms with Crippen LogP contribution in [0.4, 0.5) is 0 Å². The van der Waals surface area contributed by atoms with Crippen molar-refractivity contribution in [2.24, 2.45) is 0 Å².